The van der Waals surface area contributed by atoms with Gasteiger partial charge in [0, 0.05) is 29.5 Å². The number of hydrogen-bond donors (Lipinski definition) is 3. The van der Waals surface area contributed by atoms with E-state index in [2.05, 4.69) is 29.1 Å². The van der Waals surface area contributed by atoms with Crippen LogP contribution in [0.25, 0.3) is 0 Å². The second-order valence-electron chi connectivity index (χ2n) is 6.03. The van der Waals surface area contributed by atoms with Crippen LogP contribution in [0.4, 0.5) is 5.82 Å². The van der Waals surface area contributed by atoms with E-state index < -0.39 is 0 Å². The Morgan fingerprint density at radius 2 is 2.22 bits per heavy atom. The van der Waals surface area contributed by atoms with Crippen LogP contribution in [0.3, 0.4) is 0 Å². The molecule has 4 N–H and O–H groups in total. The van der Waals surface area contributed by atoms with Crippen LogP contribution >= 0.6 is 0 Å². The molecule has 0 spiro atoms. The van der Waals surface area contributed by atoms with Crippen LogP contribution in [0.15, 0.2) is 10.9 Å². The van der Waals surface area contributed by atoms with Crippen molar-refractivity contribution < 1.29 is 0 Å². The Balaban J connectivity index is 2.18. The fourth-order valence-corrected chi connectivity index (χ4v) is 2.21. The Hall–Kier alpha value is -1.36. The highest BCUT2D eigenvalue weighted by Gasteiger charge is 2.46. The van der Waals surface area contributed by atoms with Crippen LogP contribution in [-0.2, 0) is 0 Å². The van der Waals surface area contributed by atoms with Gasteiger partial charge in [0.25, 0.3) is 5.56 Å². The van der Waals surface area contributed by atoms with E-state index in [0.29, 0.717) is 11.6 Å². The summed E-state index contributed by atoms with van der Waals surface area (Å²) in [4.78, 5) is 18.8. The zero-order valence-electron chi connectivity index (χ0n) is 11.4. The monoisotopic (exact) mass is 250 g/mol. The predicted molar refractivity (Wildman–Crippen MR) is 72.7 cm³/mol. The summed E-state index contributed by atoms with van der Waals surface area (Å²) in [7, 11) is 0. The third-order valence-corrected chi connectivity index (χ3v) is 3.97. The van der Waals surface area contributed by atoms with Crippen molar-refractivity contribution in [1.82, 2.24) is 9.97 Å². The quantitative estimate of drug-likeness (QED) is 0.757. The van der Waals surface area contributed by atoms with E-state index in [1.807, 2.05) is 13.8 Å². The second kappa shape index (κ2) is 4.39. The maximum atomic E-state index is 11.6. The van der Waals surface area contributed by atoms with Gasteiger partial charge in [-0.15, -0.1) is 0 Å². The highest BCUT2D eigenvalue weighted by molar-refractivity contribution is 5.37. The molecule has 100 valence electrons. The summed E-state index contributed by atoms with van der Waals surface area (Å²) >= 11 is 0. The van der Waals surface area contributed by atoms with Crippen molar-refractivity contribution >= 4 is 5.82 Å². The molecule has 1 fully saturated rings. The maximum absolute atomic E-state index is 11.6. The van der Waals surface area contributed by atoms with Gasteiger partial charge in [0.2, 0.25) is 0 Å². The lowest BCUT2D eigenvalue weighted by Crippen LogP contribution is -2.61. The average molecular weight is 250 g/mol. The van der Waals surface area contributed by atoms with Crippen molar-refractivity contribution in [1.29, 1.82) is 0 Å². The molecule has 1 heterocycles. The molecular formula is C13H22N4O. The zero-order chi connectivity index (χ0) is 13.5. The number of aromatic nitrogens is 2. The number of anilines is 1. The van der Waals surface area contributed by atoms with Crippen molar-refractivity contribution in [3.05, 3.63) is 22.2 Å². The SMILES string of the molecule is CC(C)c1nc(NC2CC(N)C2(C)C)cc(=O)[nH]1. The van der Waals surface area contributed by atoms with Gasteiger partial charge < -0.3 is 16.0 Å². The van der Waals surface area contributed by atoms with E-state index in [0.717, 1.165) is 6.42 Å². The summed E-state index contributed by atoms with van der Waals surface area (Å²) < 4.78 is 0. The Morgan fingerprint density at radius 1 is 1.56 bits per heavy atom. The lowest BCUT2D eigenvalue weighted by molar-refractivity contribution is 0.117. The highest BCUT2D eigenvalue weighted by Crippen LogP contribution is 2.40. The summed E-state index contributed by atoms with van der Waals surface area (Å²) in [6, 6.07) is 1.99. The first kappa shape index (κ1) is 13.1. The number of hydrogen-bond acceptors (Lipinski definition) is 4. The fourth-order valence-electron chi connectivity index (χ4n) is 2.21. The normalized spacial score (nSPS) is 25.9. The summed E-state index contributed by atoms with van der Waals surface area (Å²) in [6.45, 7) is 8.28. The number of rotatable bonds is 3. The molecule has 18 heavy (non-hydrogen) atoms. The first-order valence-electron chi connectivity index (χ1n) is 6.44. The van der Waals surface area contributed by atoms with Crippen LogP contribution in [0, 0.1) is 5.41 Å². The van der Waals surface area contributed by atoms with Gasteiger partial charge in [-0.05, 0) is 6.42 Å². The molecule has 5 nitrogen and oxygen atoms in total. The number of aromatic amines is 1. The minimum atomic E-state index is -0.113. The Bertz CT molecular complexity index is 492. The van der Waals surface area contributed by atoms with Crippen molar-refractivity contribution in [3.63, 3.8) is 0 Å². The third-order valence-electron chi connectivity index (χ3n) is 3.97. The number of nitrogens with zero attached hydrogens (tertiary/aromatic N) is 1. The number of nitrogens with one attached hydrogen (secondary N) is 2. The van der Waals surface area contributed by atoms with Crippen molar-refractivity contribution in [2.45, 2.75) is 52.1 Å². The molecule has 1 aromatic rings. The Labute approximate surface area is 107 Å². The van der Waals surface area contributed by atoms with Crippen LogP contribution in [0.5, 0.6) is 0 Å². The third kappa shape index (κ3) is 2.27. The van der Waals surface area contributed by atoms with Crippen molar-refractivity contribution in [3.8, 4) is 0 Å². The predicted octanol–water partition coefficient (Wildman–Crippen LogP) is 1.43. The van der Waals surface area contributed by atoms with Crippen molar-refractivity contribution in [2.75, 3.05) is 5.32 Å². The lowest BCUT2D eigenvalue weighted by Gasteiger charge is -2.50. The van der Waals surface area contributed by atoms with Gasteiger partial charge in [0.1, 0.15) is 11.6 Å². The molecule has 0 amide bonds. The maximum Gasteiger partial charge on any atom is 0.252 e. The molecule has 0 radical (unpaired) electrons. The van der Waals surface area contributed by atoms with E-state index >= 15 is 0 Å². The number of nitrogens with two attached hydrogens (primary N) is 1. The molecular weight excluding hydrogens is 228 g/mol. The summed E-state index contributed by atoms with van der Waals surface area (Å²) in [5.74, 6) is 1.56. The van der Waals surface area contributed by atoms with E-state index in [4.69, 9.17) is 5.73 Å². The Morgan fingerprint density at radius 3 is 2.72 bits per heavy atom. The minimum Gasteiger partial charge on any atom is -0.366 e. The van der Waals surface area contributed by atoms with Crippen LogP contribution in [0.2, 0.25) is 0 Å². The molecule has 5 heteroatoms. The van der Waals surface area contributed by atoms with Gasteiger partial charge in [-0.1, -0.05) is 27.7 Å². The first-order valence-corrected chi connectivity index (χ1v) is 6.44. The summed E-state index contributed by atoms with van der Waals surface area (Å²) in [5, 5.41) is 3.32. The van der Waals surface area contributed by atoms with Crippen LogP contribution in [0.1, 0.15) is 45.9 Å². The second-order valence-corrected chi connectivity index (χ2v) is 6.03. The smallest absolute Gasteiger partial charge is 0.252 e. The molecule has 1 aliphatic carbocycles. The molecule has 1 aromatic heterocycles. The van der Waals surface area contributed by atoms with Gasteiger partial charge >= 0.3 is 0 Å². The van der Waals surface area contributed by atoms with Gasteiger partial charge in [0.05, 0.1) is 0 Å². The number of H-pyrrole nitrogens is 1. The lowest BCUT2D eigenvalue weighted by atomic mass is 9.63. The van der Waals surface area contributed by atoms with Gasteiger partial charge in [-0.2, -0.15) is 0 Å². The van der Waals surface area contributed by atoms with Gasteiger partial charge in [-0.3, -0.25) is 4.79 Å². The molecule has 0 bridgehead atoms. The Kier molecular flexibility index (Phi) is 3.19. The summed E-state index contributed by atoms with van der Waals surface area (Å²) in [5.41, 5.74) is 5.91. The van der Waals surface area contributed by atoms with Crippen molar-refractivity contribution in [2.24, 2.45) is 11.1 Å². The van der Waals surface area contributed by atoms with E-state index in [-0.39, 0.29) is 29.0 Å². The van der Waals surface area contributed by atoms with E-state index in [9.17, 15) is 4.79 Å². The van der Waals surface area contributed by atoms with Crippen LogP contribution < -0.4 is 16.6 Å². The standard InChI is InChI=1S/C13H22N4O/c1-7(2)12-16-10(6-11(18)17-12)15-9-5-8(14)13(9,3)4/h6-9H,5,14H2,1-4H3,(H2,15,16,17,18). The molecule has 0 saturated heterocycles. The highest BCUT2D eigenvalue weighted by atomic mass is 16.1. The molecule has 0 aromatic carbocycles. The summed E-state index contributed by atoms with van der Waals surface area (Å²) in [6.07, 6.45) is 0.915. The average Bonchev–Trinajstić information content (AvgIpc) is 2.28. The van der Waals surface area contributed by atoms with Gasteiger partial charge in [-0.25, -0.2) is 4.98 Å². The van der Waals surface area contributed by atoms with E-state index in [1.54, 1.807) is 0 Å². The topological polar surface area (TPSA) is 83.8 Å². The molecule has 1 aliphatic rings. The zero-order valence-corrected chi connectivity index (χ0v) is 11.4. The fraction of sp³-hybridized carbons (Fsp3) is 0.692. The molecule has 0 aliphatic heterocycles. The molecule has 2 unspecified atom stereocenters. The largest absolute Gasteiger partial charge is 0.366 e. The molecule has 1 saturated carbocycles. The van der Waals surface area contributed by atoms with E-state index in [1.165, 1.54) is 6.07 Å². The van der Waals surface area contributed by atoms with Gasteiger partial charge in [0.15, 0.2) is 0 Å². The molecule has 2 rings (SSSR count). The first-order chi connectivity index (χ1) is 8.30. The molecule has 2 atom stereocenters. The van der Waals surface area contributed by atoms with Crippen LogP contribution in [-0.4, -0.2) is 22.1 Å². The minimum absolute atomic E-state index is 0.0439.